The van der Waals surface area contributed by atoms with Crippen molar-refractivity contribution in [2.45, 2.75) is 65.7 Å². The van der Waals surface area contributed by atoms with Crippen LogP contribution < -0.4 is 10.1 Å². The Labute approximate surface area is 208 Å². The van der Waals surface area contributed by atoms with Gasteiger partial charge in [0, 0.05) is 29.8 Å². The summed E-state index contributed by atoms with van der Waals surface area (Å²) >= 11 is 0. The first-order chi connectivity index (χ1) is 16.9. The molecule has 6 heteroatoms. The van der Waals surface area contributed by atoms with E-state index in [1.807, 2.05) is 0 Å². The van der Waals surface area contributed by atoms with Crippen LogP contribution in [0.15, 0.2) is 46.4 Å². The maximum atomic E-state index is 11.6. The third-order valence-corrected chi connectivity index (χ3v) is 7.47. The first-order valence-corrected chi connectivity index (χ1v) is 12.9. The molecule has 3 unspecified atom stereocenters. The highest BCUT2D eigenvalue weighted by molar-refractivity contribution is 5.88. The molecule has 0 aromatic heterocycles. The van der Waals surface area contributed by atoms with E-state index in [1.54, 1.807) is 0 Å². The van der Waals surface area contributed by atoms with Crippen molar-refractivity contribution < 1.29 is 9.53 Å². The molecule has 3 aliphatic heterocycles. The van der Waals surface area contributed by atoms with E-state index < -0.39 is 6.17 Å². The van der Waals surface area contributed by atoms with Crippen molar-refractivity contribution in [3.05, 3.63) is 47.5 Å². The monoisotopic (exact) mass is 472 g/mol. The van der Waals surface area contributed by atoms with Gasteiger partial charge in [0.05, 0.1) is 12.2 Å². The smallest absolute Gasteiger partial charge is 0.159 e. The number of hydrogen-bond acceptors (Lipinski definition) is 6. The third kappa shape index (κ3) is 4.90. The minimum atomic E-state index is -0.492. The fourth-order valence-electron chi connectivity index (χ4n) is 5.72. The Hall–Kier alpha value is -2.99. The molecule has 1 N–H and O–H groups in total. The molecule has 2 aromatic rings. The summed E-state index contributed by atoms with van der Waals surface area (Å²) in [6.07, 6.45) is 3.71. The molecule has 2 aromatic carbocycles. The van der Waals surface area contributed by atoms with Crippen LogP contribution in [0.4, 0.5) is 5.69 Å². The number of nitrogens with zero attached hydrogens (tertiary/aromatic N) is 3. The second kappa shape index (κ2) is 9.94. The number of nitrogens with one attached hydrogen (secondary N) is 1. The van der Waals surface area contributed by atoms with Crippen molar-refractivity contribution in [2.75, 3.05) is 13.2 Å². The van der Waals surface area contributed by atoms with E-state index in [0.717, 1.165) is 54.9 Å². The fourth-order valence-corrected chi connectivity index (χ4v) is 5.72. The summed E-state index contributed by atoms with van der Waals surface area (Å²) in [5.74, 6) is 2.58. The van der Waals surface area contributed by atoms with Gasteiger partial charge in [-0.25, -0.2) is 4.99 Å². The molecule has 35 heavy (non-hydrogen) atoms. The highest BCUT2D eigenvalue weighted by Gasteiger charge is 2.36. The number of aryl methyl sites for hydroxylation is 1. The van der Waals surface area contributed by atoms with E-state index in [9.17, 15) is 4.79 Å². The molecule has 0 fully saturated rings. The number of rotatable bonds is 3. The van der Waals surface area contributed by atoms with Crippen LogP contribution in [0.5, 0.6) is 5.75 Å². The van der Waals surface area contributed by atoms with Crippen LogP contribution in [0.2, 0.25) is 0 Å². The van der Waals surface area contributed by atoms with Crippen LogP contribution in [0, 0.1) is 11.8 Å². The van der Waals surface area contributed by atoms with Crippen molar-refractivity contribution in [1.82, 2.24) is 10.2 Å². The lowest BCUT2D eigenvalue weighted by Crippen LogP contribution is -2.55. The lowest BCUT2D eigenvalue weighted by molar-refractivity contribution is -0.109. The molecule has 184 valence electrons. The van der Waals surface area contributed by atoms with Crippen LogP contribution in [0.25, 0.3) is 11.1 Å². The van der Waals surface area contributed by atoms with Crippen molar-refractivity contribution in [1.29, 1.82) is 0 Å². The molecule has 0 spiro atoms. The van der Waals surface area contributed by atoms with Crippen LogP contribution >= 0.6 is 0 Å². The zero-order chi connectivity index (χ0) is 24.5. The van der Waals surface area contributed by atoms with Gasteiger partial charge in [-0.3, -0.25) is 15.1 Å². The number of aliphatic imine (C=N–C) groups is 2. The first kappa shape index (κ1) is 23.7. The van der Waals surface area contributed by atoms with Gasteiger partial charge in [0.15, 0.2) is 12.5 Å². The molecule has 3 heterocycles. The van der Waals surface area contributed by atoms with Crippen molar-refractivity contribution in [3.8, 4) is 16.9 Å². The van der Waals surface area contributed by atoms with E-state index in [2.05, 4.69) is 74.3 Å². The lowest BCUT2D eigenvalue weighted by atomic mass is 9.85. The molecule has 3 atom stereocenters. The Morgan fingerprint density at radius 3 is 2.71 bits per heavy atom. The second-order valence-corrected chi connectivity index (χ2v) is 10.4. The van der Waals surface area contributed by atoms with Gasteiger partial charge in [0.2, 0.25) is 0 Å². The largest absolute Gasteiger partial charge is 0.491 e. The van der Waals surface area contributed by atoms with E-state index in [-0.39, 0.29) is 12.0 Å². The first-order valence-electron chi connectivity index (χ1n) is 12.9. The van der Waals surface area contributed by atoms with Gasteiger partial charge in [0.25, 0.3) is 0 Å². The van der Waals surface area contributed by atoms with Crippen LogP contribution in [0.1, 0.15) is 51.7 Å². The fraction of sp³-hybridized carbons (Fsp3) is 0.483. The molecule has 3 aliphatic rings. The van der Waals surface area contributed by atoms with Gasteiger partial charge in [0.1, 0.15) is 18.2 Å². The summed E-state index contributed by atoms with van der Waals surface area (Å²) in [6, 6.07) is 13.3. The van der Waals surface area contributed by atoms with Gasteiger partial charge in [-0.15, -0.1) is 0 Å². The molecule has 5 rings (SSSR count). The number of carbonyl (C=O) groups excluding carboxylic acids is 1. The SMILES string of the molecule is CC1=Nc2cc(-c3ccc4c(c3)CN(C3=NC(C=O)NC(C)C3C(C)C)CCO4)ccc2CCC1. The highest BCUT2D eigenvalue weighted by atomic mass is 16.5. The number of carbonyl (C=O) groups is 1. The van der Waals surface area contributed by atoms with Gasteiger partial charge in [-0.2, -0.15) is 0 Å². The van der Waals surface area contributed by atoms with E-state index in [1.165, 1.54) is 22.4 Å². The normalized spacial score (nSPS) is 24.4. The number of ether oxygens (including phenoxy) is 1. The topological polar surface area (TPSA) is 66.3 Å². The molecule has 0 aliphatic carbocycles. The zero-order valence-electron chi connectivity index (χ0n) is 21.3. The van der Waals surface area contributed by atoms with Gasteiger partial charge in [-0.05, 0) is 73.9 Å². The second-order valence-electron chi connectivity index (χ2n) is 10.4. The Bertz CT molecular complexity index is 1170. The summed E-state index contributed by atoms with van der Waals surface area (Å²) < 4.78 is 6.15. The Morgan fingerprint density at radius 1 is 1.11 bits per heavy atom. The molecule has 0 saturated carbocycles. The Morgan fingerprint density at radius 2 is 1.91 bits per heavy atom. The average Bonchev–Trinajstić information content (AvgIpc) is 3.17. The summed E-state index contributed by atoms with van der Waals surface area (Å²) in [7, 11) is 0. The summed E-state index contributed by atoms with van der Waals surface area (Å²) in [5, 5.41) is 3.34. The minimum Gasteiger partial charge on any atom is -0.491 e. The van der Waals surface area contributed by atoms with Gasteiger partial charge in [-0.1, -0.05) is 32.0 Å². The van der Waals surface area contributed by atoms with E-state index in [4.69, 9.17) is 14.7 Å². The Kier molecular flexibility index (Phi) is 6.74. The highest BCUT2D eigenvalue weighted by Crippen LogP contribution is 2.35. The predicted octanol–water partition coefficient (Wildman–Crippen LogP) is 5.16. The zero-order valence-corrected chi connectivity index (χ0v) is 21.3. The molecule has 6 nitrogen and oxygen atoms in total. The van der Waals surface area contributed by atoms with Gasteiger partial charge < -0.3 is 9.64 Å². The van der Waals surface area contributed by atoms with E-state index >= 15 is 0 Å². The van der Waals surface area contributed by atoms with Crippen molar-refractivity contribution in [3.63, 3.8) is 0 Å². The van der Waals surface area contributed by atoms with Crippen molar-refractivity contribution in [2.24, 2.45) is 21.8 Å². The minimum absolute atomic E-state index is 0.177. The molecule has 0 bridgehead atoms. The third-order valence-electron chi connectivity index (χ3n) is 7.47. The predicted molar refractivity (Wildman–Crippen MR) is 142 cm³/mol. The number of hydrogen-bond donors (Lipinski definition) is 1. The lowest BCUT2D eigenvalue weighted by Gasteiger charge is -2.40. The molecule has 0 saturated heterocycles. The number of fused-ring (bicyclic) bond motifs is 2. The van der Waals surface area contributed by atoms with Gasteiger partial charge >= 0.3 is 0 Å². The summed E-state index contributed by atoms with van der Waals surface area (Å²) in [4.78, 5) is 23.6. The number of aldehydes is 1. The average molecular weight is 473 g/mol. The van der Waals surface area contributed by atoms with Crippen LogP contribution in [0.3, 0.4) is 0 Å². The molecule has 0 radical (unpaired) electrons. The number of amidine groups is 1. The van der Waals surface area contributed by atoms with Crippen LogP contribution in [-0.2, 0) is 17.8 Å². The Balaban J connectivity index is 1.48. The number of benzene rings is 2. The maximum Gasteiger partial charge on any atom is 0.159 e. The van der Waals surface area contributed by atoms with E-state index in [0.29, 0.717) is 19.1 Å². The summed E-state index contributed by atoms with van der Waals surface area (Å²) in [6.45, 7) is 10.8. The van der Waals surface area contributed by atoms with Crippen molar-refractivity contribution >= 4 is 23.5 Å². The van der Waals surface area contributed by atoms with Crippen LogP contribution in [-0.4, -0.2) is 48.1 Å². The standard InChI is InChI=1S/C29H36N4O2/c1-18(2)28-20(4)31-27(17-34)32-29(28)33-12-13-35-26-11-10-22(14-24(26)16-33)23-9-8-21-7-5-6-19(3)30-25(21)15-23/h8-11,14-15,17-18,20,27-28,31H,5-7,12-13,16H2,1-4H3. The maximum absolute atomic E-state index is 11.6. The molecule has 0 amide bonds. The summed E-state index contributed by atoms with van der Waals surface area (Å²) in [5.41, 5.74) is 7.13. The quantitative estimate of drug-likeness (QED) is 0.627. The molecular formula is C29H36N4O2. The molecular weight excluding hydrogens is 436 g/mol.